The van der Waals surface area contributed by atoms with E-state index in [0.29, 0.717) is 12.1 Å². The van der Waals surface area contributed by atoms with E-state index >= 15 is 0 Å². The quantitative estimate of drug-likeness (QED) is 0.819. The van der Waals surface area contributed by atoms with Crippen molar-refractivity contribution in [2.24, 2.45) is 0 Å². The van der Waals surface area contributed by atoms with E-state index in [1.807, 2.05) is 12.1 Å². The Morgan fingerprint density at radius 1 is 1.45 bits per heavy atom. The molecular formula is C15H23N3OS. The first-order chi connectivity index (χ1) is 9.67. The standard InChI is InChI=1S/C15H23N3OS/c1-2-14-11-18(9-10-20-14)8-7-15(19)17-13-5-3-12(16)4-6-13/h3-6,14H,2,7-11,16H2,1H3,(H,17,19). The Bertz CT molecular complexity index is 435. The van der Waals surface area contributed by atoms with E-state index in [9.17, 15) is 4.79 Å². The van der Waals surface area contributed by atoms with Gasteiger partial charge in [-0.25, -0.2) is 0 Å². The number of benzene rings is 1. The van der Waals surface area contributed by atoms with Crippen molar-refractivity contribution in [2.75, 3.05) is 36.4 Å². The maximum atomic E-state index is 11.9. The predicted molar refractivity (Wildman–Crippen MR) is 87.1 cm³/mol. The van der Waals surface area contributed by atoms with Crippen molar-refractivity contribution in [3.63, 3.8) is 0 Å². The van der Waals surface area contributed by atoms with Crippen molar-refractivity contribution < 1.29 is 4.79 Å². The fraction of sp³-hybridized carbons (Fsp3) is 0.533. The van der Waals surface area contributed by atoms with Crippen LogP contribution in [0.15, 0.2) is 24.3 Å². The normalized spacial score (nSPS) is 19.8. The van der Waals surface area contributed by atoms with Gasteiger partial charge < -0.3 is 16.0 Å². The number of nitrogens with one attached hydrogen (secondary N) is 1. The van der Waals surface area contributed by atoms with Crippen LogP contribution in [0.5, 0.6) is 0 Å². The summed E-state index contributed by atoms with van der Waals surface area (Å²) >= 11 is 2.05. The van der Waals surface area contributed by atoms with Gasteiger partial charge in [0.05, 0.1) is 0 Å². The summed E-state index contributed by atoms with van der Waals surface area (Å²) in [4.78, 5) is 14.3. The fourth-order valence-electron chi connectivity index (χ4n) is 2.28. The summed E-state index contributed by atoms with van der Waals surface area (Å²) in [6.45, 7) is 5.28. The van der Waals surface area contributed by atoms with Gasteiger partial charge in [0.15, 0.2) is 0 Å². The number of amides is 1. The molecule has 1 aliphatic heterocycles. The number of carbonyl (C=O) groups excluding carboxylic acids is 1. The SMILES string of the molecule is CCC1CN(CCC(=O)Nc2ccc(N)cc2)CCS1. The van der Waals surface area contributed by atoms with Crippen LogP contribution in [0.4, 0.5) is 11.4 Å². The van der Waals surface area contributed by atoms with Crippen LogP contribution in [0, 0.1) is 0 Å². The third-order valence-corrected chi connectivity index (χ3v) is 4.90. The molecule has 1 heterocycles. The third-order valence-electron chi connectivity index (χ3n) is 3.53. The molecule has 0 radical (unpaired) electrons. The molecule has 0 aromatic heterocycles. The molecular weight excluding hydrogens is 270 g/mol. The van der Waals surface area contributed by atoms with Gasteiger partial charge in [-0.1, -0.05) is 6.92 Å². The van der Waals surface area contributed by atoms with Gasteiger partial charge in [0, 0.05) is 48.4 Å². The second-order valence-electron chi connectivity index (χ2n) is 5.12. The van der Waals surface area contributed by atoms with E-state index < -0.39 is 0 Å². The molecule has 1 atom stereocenters. The molecule has 5 heteroatoms. The second kappa shape index (κ2) is 7.55. The molecule has 3 N–H and O–H groups in total. The number of rotatable bonds is 5. The topological polar surface area (TPSA) is 58.4 Å². The van der Waals surface area contributed by atoms with Crippen LogP contribution in [0.25, 0.3) is 0 Å². The highest BCUT2D eigenvalue weighted by atomic mass is 32.2. The van der Waals surface area contributed by atoms with E-state index in [0.717, 1.165) is 30.6 Å². The minimum atomic E-state index is 0.0704. The summed E-state index contributed by atoms with van der Waals surface area (Å²) in [6.07, 6.45) is 1.75. The van der Waals surface area contributed by atoms with Crippen LogP contribution < -0.4 is 11.1 Å². The van der Waals surface area contributed by atoms with Gasteiger partial charge >= 0.3 is 0 Å². The summed E-state index contributed by atoms with van der Waals surface area (Å²) < 4.78 is 0. The number of nitrogens with zero attached hydrogens (tertiary/aromatic N) is 1. The average Bonchev–Trinajstić information content (AvgIpc) is 2.48. The molecule has 0 aliphatic carbocycles. The monoisotopic (exact) mass is 293 g/mol. The molecule has 1 aromatic carbocycles. The molecule has 0 saturated carbocycles. The van der Waals surface area contributed by atoms with Crippen LogP contribution >= 0.6 is 11.8 Å². The molecule has 1 unspecified atom stereocenters. The van der Waals surface area contributed by atoms with Crippen LogP contribution in [-0.2, 0) is 4.79 Å². The van der Waals surface area contributed by atoms with Crippen molar-refractivity contribution in [3.05, 3.63) is 24.3 Å². The van der Waals surface area contributed by atoms with Gasteiger partial charge in [-0.3, -0.25) is 4.79 Å². The Labute approximate surface area is 125 Å². The summed E-state index contributed by atoms with van der Waals surface area (Å²) in [6, 6.07) is 7.25. The summed E-state index contributed by atoms with van der Waals surface area (Å²) in [7, 11) is 0. The minimum Gasteiger partial charge on any atom is -0.399 e. The Kier molecular flexibility index (Phi) is 5.73. The van der Waals surface area contributed by atoms with Gasteiger partial charge in [-0.2, -0.15) is 11.8 Å². The van der Waals surface area contributed by atoms with Gasteiger partial charge in [-0.05, 0) is 30.7 Å². The number of thioether (sulfide) groups is 1. The fourth-order valence-corrected chi connectivity index (χ4v) is 3.53. The minimum absolute atomic E-state index is 0.0704. The summed E-state index contributed by atoms with van der Waals surface area (Å²) in [5.41, 5.74) is 7.14. The largest absolute Gasteiger partial charge is 0.399 e. The maximum Gasteiger partial charge on any atom is 0.225 e. The van der Waals surface area contributed by atoms with Gasteiger partial charge in [0.2, 0.25) is 5.91 Å². The highest BCUT2D eigenvalue weighted by Gasteiger charge is 2.19. The molecule has 2 rings (SSSR count). The first-order valence-electron chi connectivity index (χ1n) is 7.16. The third kappa shape index (κ3) is 4.72. The zero-order chi connectivity index (χ0) is 14.4. The molecule has 1 aliphatic rings. The van der Waals surface area contributed by atoms with Gasteiger partial charge in [0.1, 0.15) is 0 Å². The second-order valence-corrected chi connectivity index (χ2v) is 6.53. The number of hydrogen-bond acceptors (Lipinski definition) is 4. The van der Waals surface area contributed by atoms with E-state index in [1.54, 1.807) is 12.1 Å². The van der Waals surface area contributed by atoms with E-state index in [2.05, 4.69) is 28.9 Å². The van der Waals surface area contributed by atoms with E-state index in [4.69, 9.17) is 5.73 Å². The Hall–Kier alpha value is -1.20. The molecule has 4 nitrogen and oxygen atoms in total. The lowest BCUT2D eigenvalue weighted by molar-refractivity contribution is -0.116. The number of anilines is 2. The van der Waals surface area contributed by atoms with Crippen LogP contribution in [-0.4, -0.2) is 41.4 Å². The molecule has 1 aromatic rings. The highest BCUT2D eigenvalue weighted by Crippen LogP contribution is 2.21. The van der Waals surface area contributed by atoms with Crippen molar-refractivity contribution in [2.45, 2.75) is 25.0 Å². The zero-order valence-electron chi connectivity index (χ0n) is 12.0. The van der Waals surface area contributed by atoms with Crippen LogP contribution in [0.1, 0.15) is 19.8 Å². The van der Waals surface area contributed by atoms with E-state index in [1.165, 1.54) is 12.2 Å². The lowest BCUT2D eigenvalue weighted by Gasteiger charge is -2.31. The Morgan fingerprint density at radius 3 is 2.90 bits per heavy atom. The van der Waals surface area contributed by atoms with Crippen molar-refractivity contribution >= 4 is 29.0 Å². The molecule has 0 spiro atoms. The number of hydrogen-bond donors (Lipinski definition) is 2. The number of nitrogens with two attached hydrogens (primary N) is 1. The van der Waals surface area contributed by atoms with Crippen LogP contribution in [0.3, 0.4) is 0 Å². The zero-order valence-corrected chi connectivity index (χ0v) is 12.8. The highest BCUT2D eigenvalue weighted by molar-refractivity contribution is 8.00. The smallest absolute Gasteiger partial charge is 0.225 e. The van der Waals surface area contributed by atoms with Crippen LogP contribution in [0.2, 0.25) is 0 Å². The van der Waals surface area contributed by atoms with Gasteiger partial charge in [-0.15, -0.1) is 0 Å². The van der Waals surface area contributed by atoms with Gasteiger partial charge in [0.25, 0.3) is 0 Å². The summed E-state index contributed by atoms with van der Waals surface area (Å²) in [5.74, 6) is 1.25. The molecule has 20 heavy (non-hydrogen) atoms. The first-order valence-corrected chi connectivity index (χ1v) is 8.21. The van der Waals surface area contributed by atoms with E-state index in [-0.39, 0.29) is 5.91 Å². The van der Waals surface area contributed by atoms with Crippen molar-refractivity contribution in [1.29, 1.82) is 0 Å². The molecule has 1 saturated heterocycles. The number of nitrogen functional groups attached to an aromatic ring is 1. The summed E-state index contributed by atoms with van der Waals surface area (Å²) in [5, 5.41) is 3.63. The molecule has 0 bridgehead atoms. The molecule has 1 fully saturated rings. The van der Waals surface area contributed by atoms with Crippen molar-refractivity contribution in [3.8, 4) is 0 Å². The Morgan fingerprint density at radius 2 is 2.20 bits per heavy atom. The molecule has 1 amide bonds. The lowest BCUT2D eigenvalue weighted by atomic mass is 10.2. The average molecular weight is 293 g/mol. The maximum absolute atomic E-state index is 11.9. The molecule has 110 valence electrons. The Balaban J connectivity index is 1.73. The number of carbonyl (C=O) groups is 1. The van der Waals surface area contributed by atoms with Crippen molar-refractivity contribution in [1.82, 2.24) is 4.90 Å². The predicted octanol–water partition coefficient (Wildman–Crippen LogP) is 2.42. The first kappa shape index (κ1) is 15.2. The lowest BCUT2D eigenvalue weighted by Crippen LogP contribution is -2.39.